The number of benzene rings is 8. The predicted molar refractivity (Wildman–Crippen MR) is 346 cm³/mol. The molecule has 90 heavy (non-hydrogen) atoms. The number of hydrogen-bond donors (Lipinski definition) is 0. The van der Waals surface area contributed by atoms with Gasteiger partial charge in [0.1, 0.15) is 23.0 Å². The number of amides is 4. The Bertz CT molecular complexity index is 4750. The second kappa shape index (κ2) is 23.7. The van der Waals surface area contributed by atoms with Crippen molar-refractivity contribution in [1.29, 1.82) is 0 Å². The zero-order valence-electron chi connectivity index (χ0n) is 47.2. The van der Waals surface area contributed by atoms with E-state index in [1.807, 2.05) is 52.0 Å². The van der Waals surface area contributed by atoms with E-state index in [1.54, 1.807) is 42.5 Å². The van der Waals surface area contributed by atoms with Crippen molar-refractivity contribution in [1.82, 2.24) is 14.0 Å². The minimum absolute atomic E-state index is 0.0505. The number of aryl methyl sites for hydroxylation is 1. The van der Waals surface area contributed by atoms with Crippen LogP contribution in [0.1, 0.15) is 84.5 Å². The Morgan fingerprint density at radius 1 is 0.389 bits per heavy atom. The molecule has 0 saturated carbocycles. The molecule has 15 nitrogen and oxygen atoms in total. The van der Waals surface area contributed by atoms with Gasteiger partial charge in [0.25, 0.3) is 45.9 Å². The van der Waals surface area contributed by atoms with Gasteiger partial charge in [-0.3, -0.25) is 43.3 Å². The number of rotatable bonds is 11. The van der Waals surface area contributed by atoms with Crippen molar-refractivity contribution in [2.75, 3.05) is 11.9 Å². The van der Waals surface area contributed by atoms with Crippen molar-refractivity contribution >= 4 is 111 Å². The molecule has 0 atom stereocenters. The second-order valence-corrected chi connectivity index (χ2v) is 57.3. The molecular weight excluding hydrogens is 1560 g/mol. The molecular formula is C65H42F6I3N4O11V. The molecule has 0 spiro atoms. The first-order valence-corrected chi connectivity index (χ1v) is 40.3. The number of carbonyl (C=O) groups is 4. The number of fused-ring (bicyclic) bond motifs is 4. The van der Waals surface area contributed by atoms with Crippen LogP contribution in [0, 0.1) is 6.92 Å². The number of carbonyl (C=O) groups excluding carboxylic acids is 4. The van der Waals surface area contributed by atoms with Crippen molar-refractivity contribution in [2.24, 2.45) is 0 Å². The van der Waals surface area contributed by atoms with Crippen LogP contribution in [0.25, 0.3) is 32.9 Å². The first kappa shape index (κ1) is 63.6. The molecule has 2 aromatic heterocycles. The van der Waals surface area contributed by atoms with Crippen LogP contribution in [0.4, 0.5) is 32.0 Å². The minimum atomic E-state index is -6.14. The van der Waals surface area contributed by atoms with Gasteiger partial charge in [-0.2, -0.15) is 26.3 Å². The van der Waals surface area contributed by atoms with E-state index in [0.717, 1.165) is 27.3 Å². The Morgan fingerprint density at radius 2 is 0.733 bits per heavy atom. The SMILES string of the molecule is Cc1ccc(Oc2ccc(-n3c(=O)c4cc5c(=O)n(-c6ccc(Oc7cc(C(C)(C)C)ccc7Oc7ccc(N8C(=O)c9ccc(C(c%10ccc%11c(c%10)C(=O)N(C)C%11=O)(C(F)(F)F)C(F)(F)F)cc9C8=O)cc7)cc6)c(=O)c5cc4c3=O)cc2)cc1.[I][V]([I])[I]. The van der Waals surface area contributed by atoms with Crippen LogP contribution < -0.4 is 41.3 Å². The molecule has 0 radical (unpaired) electrons. The van der Waals surface area contributed by atoms with Crippen LogP contribution in [0.3, 0.4) is 0 Å². The Labute approximate surface area is 543 Å². The Kier molecular flexibility index (Phi) is 16.8. The molecule has 0 unspecified atom stereocenters. The Hall–Kier alpha value is -7.93. The zero-order valence-corrected chi connectivity index (χ0v) is 55.1. The summed E-state index contributed by atoms with van der Waals surface area (Å²) in [6.07, 6.45) is -12.3. The van der Waals surface area contributed by atoms with Crippen LogP contribution in [0.5, 0.6) is 34.5 Å². The summed E-state index contributed by atoms with van der Waals surface area (Å²) in [6, 6.07) is 35.6. The summed E-state index contributed by atoms with van der Waals surface area (Å²) in [7, 11) is 1.03. The summed E-state index contributed by atoms with van der Waals surface area (Å²) < 4.78 is 112. The molecule has 0 aliphatic carbocycles. The predicted octanol–water partition coefficient (Wildman–Crippen LogP) is 15.0. The molecule has 2 aliphatic heterocycles. The van der Waals surface area contributed by atoms with Crippen molar-refractivity contribution < 1.29 is 64.7 Å². The standard InChI is InChI=1S/C65H42F6N4O11.3HI.V/c1-33-6-17-40(18-7-33)84-41-19-11-38(12-20-41)74-58(80)48-31-50-51(32-49(48)59(74)81)61(83)75(60(50)82)39-15-23-43(24-16-39)86-53-30-34(62(2,3)4)10-27-52(53)85-42-21-13-37(14-22-42)73-56(78)45-26-9-36(29-47(45)57(73)79)63(64(66,67)68,65(69,70)71)35-8-25-44-46(28-35)55(77)72(5)54(44)76;;;;/h6-32H,1-5H3;3*1H;/q;;;;+3/p-3. The van der Waals surface area contributed by atoms with Gasteiger partial charge in [-0.1, -0.05) is 56.7 Å². The third-order valence-electron chi connectivity index (χ3n) is 15.4. The number of ether oxygens (including phenoxy) is 3. The third kappa shape index (κ3) is 11.2. The van der Waals surface area contributed by atoms with Gasteiger partial charge in [0.15, 0.2) is 11.5 Å². The molecule has 0 bridgehead atoms. The first-order valence-electron chi connectivity index (χ1n) is 26.8. The van der Waals surface area contributed by atoms with E-state index in [9.17, 15) is 38.4 Å². The summed E-state index contributed by atoms with van der Waals surface area (Å²) in [4.78, 5) is 109. The quantitative estimate of drug-likeness (QED) is 0.0683. The number of hydrogen-bond acceptors (Lipinski definition) is 11. The van der Waals surface area contributed by atoms with Crippen LogP contribution in [-0.2, 0) is 15.8 Å². The van der Waals surface area contributed by atoms with Gasteiger partial charge < -0.3 is 14.2 Å². The van der Waals surface area contributed by atoms with E-state index in [1.165, 1.54) is 60.7 Å². The molecule has 10 aromatic rings. The summed E-state index contributed by atoms with van der Waals surface area (Å²) in [5.41, 5.74) is -11.1. The Morgan fingerprint density at radius 3 is 1.16 bits per heavy atom. The second-order valence-electron chi connectivity index (χ2n) is 21.9. The van der Waals surface area contributed by atoms with E-state index in [0.29, 0.717) is 57.7 Å². The van der Waals surface area contributed by atoms with Crippen molar-refractivity contribution in [2.45, 2.75) is 50.9 Å². The van der Waals surface area contributed by atoms with Gasteiger partial charge in [-0.05, 0) is 162 Å². The monoisotopic (exact) mass is 1600 g/mol. The van der Waals surface area contributed by atoms with Crippen LogP contribution in [0.15, 0.2) is 183 Å². The maximum absolute atomic E-state index is 15.3. The van der Waals surface area contributed by atoms with Crippen LogP contribution >= 0.6 is 59.9 Å². The molecule has 0 saturated heterocycles. The number of imide groups is 2. The summed E-state index contributed by atoms with van der Waals surface area (Å²) in [5, 5.41) is -0.252. The van der Waals surface area contributed by atoms with E-state index >= 15 is 26.3 Å². The fourth-order valence-electron chi connectivity index (χ4n) is 10.9. The topological polar surface area (TPSA) is 181 Å². The van der Waals surface area contributed by atoms with E-state index in [4.69, 9.17) is 14.2 Å². The molecule has 0 fully saturated rings. The number of aromatic nitrogens is 2. The van der Waals surface area contributed by atoms with Crippen molar-refractivity contribution in [3.8, 4) is 45.9 Å². The average molecular weight is 1600 g/mol. The van der Waals surface area contributed by atoms with Gasteiger partial charge in [0.2, 0.25) is 5.41 Å². The van der Waals surface area contributed by atoms with Gasteiger partial charge in [-0.15, -0.1) is 0 Å². The number of alkyl halides is 6. The number of halogens is 9. The molecule has 2 aliphatic rings. The van der Waals surface area contributed by atoms with Gasteiger partial charge in [-0.25, -0.2) is 14.0 Å². The zero-order chi connectivity index (χ0) is 64.8. The molecule has 4 amide bonds. The van der Waals surface area contributed by atoms with Crippen molar-refractivity contribution in [3.05, 3.63) is 250 Å². The van der Waals surface area contributed by atoms with Gasteiger partial charge in [0.05, 0.1) is 60.9 Å². The molecule has 25 heteroatoms. The van der Waals surface area contributed by atoms with Crippen LogP contribution in [0.2, 0.25) is 0 Å². The van der Waals surface area contributed by atoms with E-state index in [-0.39, 0.29) is 66.5 Å². The molecule has 456 valence electrons. The molecule has 0 N–H and O–H groups in total. The number of anilines is 1. The summed E-state index contributed by atoms with van der Waals surface area (Å²) in [6.45, 7) is 7.84. The Balaban J connectivity index is 0.00000202. The first-order chi connectivity index (χ1) is 42.4. The fourth-order valence-corrected chi connectivity index (χ4v) is 10.9. The van der Waals surface area contributed by atoms with Gasteiger partial charge in [0, 0.05) is 7.05 Å². The molecule has 4 heterocycles. The van der Waals surface area contributed by atoms with Crippen LogP contribution in [-0.4, -0.2) is 57.1 Å². The summed E-state index contributed by atoms with van der Waals surface area (Å²) in [5.74, 6) is -2.54. The average Bonchev–Trinajstić information content (AvgIpc) is 1.13. The van der Waals surface area contributed by atoms with E-state index < -0.39 is 102 Å². The van der Waals surface area contributed by atoms with E-state index in [2.05, 4.69) is 59.9 Å². The fraction of sp³-hybridized carbons (Fsp3) is 0.138. The normalized spacial score (nSPS) is 13.5. The third-order valence-corrected chi connectivity index (χ3v) is 15.4. The summed E-state index contributed by atoms with van der Waals surface area (Å²) >= 11 is 7.39. The van der Waals surface area contributed by atoms with Gasteiger partial charge >= 0.3 is 77.2 Å². The number of nitrogens with zero attached hydrogens (tertiary/aromatic N) is 4. The van der Waals surface area contributed by atoms with Crippen molar-refractivity contribution in [3.63, 3.8) is 0 Å². The molecule has 12 rings (SSSR count). The molecule has 8 aromatic carbocycles. The maximum atomic E-state index is 15.3.